The third kappa shape index (κ3) is 28.7. The molecule has 402 valence electrons. The molecule has 2 aromatic carbocycles. The Morgan fingerprint density at radius 1 is 0.643 bits per heavy atom. The number of benzene rings is 2. The molecule has 0 fully saturated rings. The van der Waals surface area contributed by atoms with Crippen molar-refractivity contribution in [1.29, 1.82) is 0 Å². The summed E-state index contributed by atoms with van der Waals surface area (Å²) < 4.78 is 58.2. The molecule has 70 heavy (non-hydrogen) atoms. The zero-order valence-electron chi connectivity index (χ0n) is 44.9. The van der Waals surface area contributed by atoms with Gasteiger partial charge in [-0.05, 0) is 93.8 Å². The Morgan fingerprint density at radius 3 is 1.69 bits per heavy atom. The number of ether oxygens (including phenoxy) is 2. The van der Waals surface area contributed by atoms with Gasteiger partial charge in [-0.15, -0.1) is 0 Å². The summed E-state index contributed by atoms with van der Waals surface area (Å²) in [6, 6.07) is 21.7. The molecule has 0 aliphatic rings. The molecule has 2 unspecified atom stereocenters. The van der Waals surface area contributed by atoms with Crippen LogP contribution in [0.2, 0.25) is 63.5 Å². The second-order valence-corrected chi connectivity index (χ2v) is 40.4. The molecule has 0 radical (unpaired) electrons. The lowest BCUT2D eigenvalue weighted by atomic mass is 10.1. The fourth-order valence-electron chi connectivity index (χ4n) is 7.98. The topological polar surface area (TPSA) is 170 Å². The number of carbonyl (C=O) groups excluding carboxylic acids is 2. The Morgan fingerprint density at radius 2 is 1.14 bits per heavy atom. The standard InChI is InChI=1S/C51H95N3O11SSi4/c1-10-11-12-13-14-15-16-17-18-19-26-39-66(58,59)54(2,3)36-28-41-70(9,65-47-67(4,5)60)43-38-64-69(8,42-37-63-68(6,7)46-55)40-27-34-53(51(57)62-45-49-31-24-21-25-32-49)35-33-52-50(56)61-44-48-29-22-20-23-30-48/h20-25,29-32,55,60H,10-19,26-28,33-47H2,1-9H3/p+1. The van der Waals surface area contributed by atoms with E-state index in [1.165, 1.54) is 51.4 Å². The first-order chi connectivity index (χ1) is 33.0. The van der Waals surface area contributed by atoms with Crippen LogP contribution in [0.1, 0.15) is 102 Å². The van der Waals surface area contributed by atoms with E-state index in [0.717, 1.165) is 30.0 Å². The van der Waals surface area contributed by atoms with Gasteiger partial charge in [0.15, 0.2) is 16.6 Å². The number of rotatable bonds is 40. The van der Waals surface area contributed by atoms with Crippen LogP contribution in [0.4, 0.5) is 9.59 Å². The van der Waals surface area contributed by atoms with Gasteiger partial charge in [0.2, 0.25) is 16.6 Å². The molecule has 3 N–H and O–H groups in total. The molecular formula is C51H96N3O11SSi4+. The molecule has 0 spiro atoms. The van der Waals surface area contributed by atoms with Crippen molar-refractivity contribution in [1.82, 2.24) is 10.2 Å². The molecule has 0 saturated heterocycles. The maximum atomic E-state index is 13.6. The third-order valence-electron chi connectivity index (χ3n) is 13.0. The van der Waals surface area contributed by atoms with Crippen LogP contribution in [0, 0.1) is 0 Å². The molecule has 2 rings (SSSR count). The number of aliphatic hydroxyl groups is 1. The van der Waals surface area contributed by atoms with E-state index < -0.39 is 55.5 Å². The van der Waals surface area contributed by atoms with Gasteiger partial charge < -0.3 is 42.9 Å². The normalized spacial score (nSPS) is 14.2. The third-order valence-corrected chi connectivity index (χ3v) is 25.4. The van der Waals surface area contributed by atoms with Crippen LogP contribution >= 0.6 is 0 Å². The fraction of sp³-hybridized carbons (Fsp3) is 0.725. The van der Waals surface area contributed by atoms with Crippen LogP contribution in [0.3, 0.4) is 0 Å². The number of sulfonamides is 1. The summed E-state index contributed by atoms with van der Waals surface area (Å²) in [5, 5.41) is 12.7. The maximum Gasteiger partial charge on any atom is 0.410 e. The number of quaternary nitrogens is 1. The van der Waals surface area contributed by atoms with Crippen molar-refractivity contribution < 1.29 is 54.5 Å². The van der Waals surface area contributed by atoms with Crippen molar-refractivity contribution in [3.05, 3.63) is 71.8 Å². The van der Waals surface area contributed by atoms with Gasteiger partial charge in [-0.2, -0.15) is 8.42 Å². The number of alkyl carbamates (subject to hydrolysis) is 1. The van der Waals surface area contributed by atoms with Gasteiger partial charge in [-0.3, -0.25) is 0 Å². The number of aliphatic hydroxyl groups excluding tert-OH is 1. The molecule has 0 aromatic heterocycles. The first-order valence-corrected chi connectivity index (χ1v) is 39.8. The quantitative estimate of drug-likeness (QED) is 0.0330. The van der Waals surface area contributed by atoms with Gasteiger partial charge >= 0.3 is 12.2 Å². The predicted octanol–water partition coefficient (Wildman–Crippen LogP) is 10.7. The molecule has 0 aliphatic heterocycles. The fourth-order valence-corrected chi connectivity index (χ4v) is 18.0. The first-order valence-electron chi connectivity index (χ1n) is 26.2. The lowest BCUT2D eigenvalue weighted by Gasteiger charge is -2.34. The zero-order chi connectivity index (χ0) is 52.0. The second kappa shape index (κ2) is 33.4. The van der Waals surface area contributed by atoms with Crippen molar-refractivity contribution in [2.75, 3.05) is 71.7 Å². The van der Waals surface area contributed by atoms with Crippen molar-refractivity contribution in [3.63, 3.8) is 0 Å². The van der Waals surface area contributed by atoms with Crippen LogP contribution < -0.4 is 5.32 Å². The second-order valence-electron chi connectivity index (χ2n) is 21.5. The van der Waals surface area contributed by atoms with Gasteiger partial charge in [0, 0.05) is 32.8 Å². The van der Waals surface area contributed by atoms with Gasteiger partial charge in [0.1, 0.15) is 19.0 Å². The number of amides is 2. The largest absolute Gasteiger partial charge is 0.445 e. The minimum Gasteiger partial charge on any atom is -0.445 e. The minimum atomic E-state index is -3.36. The summed E-state index contributed by atoms with van der Waals surface area (Å²) in [4.78, 5) is 38.6. The highest BCUT2D eigenvalue weighted by Crippen LogP contribution is 2.27. The van der Waals surface area contributed by atoms with E-state index in [9.17, 15) is 27.9 Å². The average molecular weight is 1070 g/mol. The Balaban J connectivity index is 2.08. The lowest BCUT2D eigenvalue weighted by molar-refractivity contribution is -0.762. The van der Waals surface area contributed by atoms with Crippen molar-refractivity contribution in [3.8, 4) is 0 Å². The number of hydrogen-bond acceptors (Lipinski definition) is 11. The molecule has 2 aromatic rings. The van der Waals surface area contributed by atoms with Crippen molar-refractivity contribution in [2.24, 2.45) is 0 Å². The molecular weight excluding hydrogens is 975 g/mol. The van der Waals surface area contributed by atoms with Crippen LogP contribution in [-0.2, 0) is 46.0 Å². The van der Waals surface area contributed by atoms with Crippen molar-refractivity contribution >= 4 is 55.5 Å². The predicted molar refractivity (Wildman–Crippen MR) is 294 cm³/mol. The van der Waals surface area contributed by atoms with E-state index in [1.54, 1.807) is 4.90 Å². The highest BCUT2D eigenvalue weighted by Gasteiger charge is 2.38. The van der Waals surface area contributed by atoms with Gasteiger partial charge in [0.05, 0.1) is 33.1 Å². The highest BCUT2D eigenvalue weighted by atomic mass is 32.2. The van der Waals surface area contributed by atoms with E-state index in [1.807, 2.05) is 101 Å². The van der Waals surface area contributed by atoms with Gasteiger partial charge in [-0.1, -0.05) is 132 Å². The van der Waals surface area contributed by atoms with Crippen LogP contribution in [0.15, 0.2) is 60.7 Å². The lowest BCUT2D eigenvalue weighted by Crippen LogP contribution is -2.49. The van der Waals surface area contributed by atoms with E-state index in [0.29, 0.717) is 69.9 Å². The number of hydrogen-bond donors (Lipinski definition) is 3. The van der Waals surface area contributed by atoms with Crippen LogP contribution in [-0.4, -0.2) is 144 Å². The molecule has 0 heterocycles. The Hall–Kier alpha value is -2.44. The molecule has 0 bridgehead atoms. The zero-order valence-corrected chi connectivity index (χ0v) is 49.8. The Bertz CT molecular complexity index is 1830. The molecule has 0 aliphatic carbocycles. The first kappa shape index (κ1) is 63.7. The van der Waals surface area contributed by atoms with E-state index in [4.69, 9.17) is 22.8 Å². The summed E-state index contributed by atoms with van der Waals surface area (Å²) in [7, 11) is -9.56. The molecule has 19 heteroatoms. The summed E-state index contributed by atoms with van der Waals surface area (Å²) in [6.07, 6.45) is 13.5. The van der Waals surface area contributed by atoms with Crippen LogP contribution in [0.5, 0.6) is 0 Å². The minimum absolute atomic E-state index is 0.0159. The highest BCUT2D eigenvalue weighted by molar-refractivity contribution is 7.85. The number of carbonyl (C=O) groups is 2. The smallest absolute Gasteiger partial charge is 0.410 e. The Labute approximate surface area is 428 Å². The molecule has 0 saturated carbocycles. The van der Waals surface area contributed by atoms with E-state index in [-0.39, 0.29) is 42.2 Å². The number of nitrogens with zero attached hydrogens (tertiary/aromatic N) is 2. The SMILES string of the molecule is CCCCCCCCCCCCCS(=O)(=O)[N+](C)(C)CCC[Si](C)(CCO[Si](C)(CCCN(CCNC(=O)OCc1ccccc1)C(=O)OCc1ccccc1)CCO[Si](C)(C)CO)OC[Si](C)(C)O. The van der Waals surface area contributed by atoms with Gasteiger partial charge in [-0.25, -0.2) is 13.5 Å². The number of nitrogens with one attached hydrogen (secondary N) is 1. The summed E-state index contributed by atoms with van der Waals surface area (Å²) in [5.74, 6) is 0.193. The average Bonchev–Trinajstić information content (AvgIpc) is 3.31. The Kier molecular flexibility index (Phi) is 30.4. The molecule has 2 atom stereocenters. The summed E-state index contributed by atoms with van der Waals surface area (Å²) in [5.41, 5.74) is 1.74. The summed E-state index contributed by atoms with van der Waals surface area (Å²) >= 11 is 0. The van der Waals surface area contributed by atoms with Crippen molar-refractivity contribution in [2.45, 2.75) is 167 Å². The monoisotopic (exact) mass is 1070 g/mol. The summed E-state index contributed by atoms with van der Waals surface area (Å²) in [6.45, 7) is 16.7. The van der Waals surface area contributed by atoms with Crippen LogP contribution in [0.25, 0.3) is 0 Å². The van der Waals surface area contributed by atoms with E-state index in [2.05, 4.69) is 25.3 Å². The number of unbranched alkanes of at least 4 members (excludes halogenated alkanes) is 10. The van der Waals surface area contributed by atoms with E-state index >= 15 is 0 Å². The molecule has 2 amide bonds. The van der Waals surface area contributed by atoms with Gasteiger partial charge in [0.25, 0.3) is 10.0 Å². The maximum absolute atomic E-state index is 13.6. The molecule has 14 nitrogen and oxygen atoms in total.